The standard InChI is InChI=1S/C22H25N5O/c28-22(19-9-2-3-10-20(19)27-15-7-12-25-27)24-17-21(18-8-6-11-23-16-18)26-13-4-1-5-14-26/h2-3,6-12,15-16,21H,1,4-5,13-14,17H2,(H,24,28). The molecule has 1 amide bonds. The summed E-state index contributed by atoms with van der Waals surface area (Å²) >= 11 is 0. The predicted molar refractivity (Wildman–Crippen MR) is 108 cm³/mol. The van der Waals surface area contributed by atoms with Crippen molar-refractivity contribution in [3.05, 3.63) is 78.4 Å². The van der Waals surface area contributed by atoms with E-state index >= 15 is 0 Å². The zero-order valence-electron chi connectivity index (χ0n) is 15.9. The molecular weight excluding hydrogens is 350 g/mol. The van der Waals surface area contributed by atoms with E-state index in [4.69, 9.17) is 0 Å². The molecule has 0 aliphatic carbocycles. The van der Waals surface area contributed by atoms with Gasteiger partial charge in [-0.3, -0.25) is 14.7 Å². The second kappa shape index (κ2) is 8.80. The van der Waals surface area contributed by atoms with Gasteiger partial charge in [0.25, 0.3) is 5.91 Å². The van der Waals surface area contributed by atoms with Crippen LogP contribution in [-0.4, -0.2) is 45.2 Å². The van der Waals surface area contributed by atoms with E-state index in [0.29, 0.717) is 12.1 Å². The molecule has 0 saturated carbocycles. The van der Waals surface area contributed by atoms with Gasteiger partial charge in [-0.1, -0.05) is 24.6 Å². The van der Waals surface area contributed by atoms with Crippen LogP contribution < -0.4 is 5.32 Å². The lowest BCUT2D eigenvalue weighted by Crippen LogP contribution is -2.40. The fraction of sp³-hybridized carbons (Fsp3) is 0.318. The van der Waals surface area contributed by atoms with Gasteiger partial charge in [-0.15, -0.1) is 0 Å². The van der Waals surface area contributed by atoms with E-state index in [0.717, 1.165) is 24.3 Å². The summed E-state index contributed by atoms with van der Waals surface area (Å²) in [6, 6.07) is 13.6. The summed E-state index contributed by atoms with van der Waals surface area (Å²) in [6.45, 7) is 2.66. The molecular formula is C22H25N5O. The molecule has 1 unspecified atom stereocenters. The van der Waals surface area contributed by atoms with Crippen LogP contribution in [0.4, 0.5) is 0 Å². The number of nitrogens with zero attached hydrogens (tertiary/aromatic N) is 4. The van der Waals surface area contributed by atoms with Crippen LogP contribution in [-0.2, 0) is 0 Å². The summed E-state index contributed by atoms with van der Waals surface area (Å²) in [5.74, 6) is -0.0861. The van der Waals surface area contributed by atoms with Crippen LogP contribution in [0, 0.1) is 0 Å². The molecule has 1 atom stereocenters. The van der Waals surface area contributed by atoms with Crippen LogP contribution in [0.3, 0.4) is 0 Å². The van der Waals surface area contributed by atoms with Crippen molar-refractivity contribution in [2.75, 3.05) is 19.6 Å². The van der Waals surface area contributed by atoms with E-state index in [-0.39, 0.29) is 11.9 Å². The van der Waals surface area contributed by atoms with E-state index in [2.05, 4.69) is 26.4 Å². The van der Waals surface area contributed by atoms with Crippen LogP contribution in [0.15, 0.2) is 67.3 Å². The lowest BCUT2D eigenvalue weighted by atomic mass is 10.0. The molecule has 0 bridgehead atoms. The van der Waals surface area contributed by atoms with Gasteiger partial charge in [0.15, 0.2) is 0 Å². The topological polar surface area (TPSA) is 63.1 Å². The van der Waals surface area contributed by atoms with Crippen molar-refractivity contribution in [1.29, 1.82) is 0 Å². The van der Waals surface area contributed by atoms with Crippen LogP contribution in [0.1, 0.15) is 41.2 Å². The van der Waals surface area contributed by atoms with Crippen molar-refractivity contribution in [1.82, 2.24) is 25.0 Å². The number of aromatic nitrogens is 3. The molecule has 6 heteroatoms. The lowest BCUT2D eigenvalue weighted by molar-refractivity contribution is 0.0924. The maximum absolute atomic E-state index is 13.0. The maximum Gasteiger partial charge on any atom is 0.253 e. The Bertz CT molecular complexity index is 888. The summed E-state index contributed by atoms with van der Waals surface area (Å²) in [6.07, 6.45) is 10.9. The minimum atomic E-state index is -0.0861. The molecule has 0 radical (unpaired) electrons. The number of rotatable bonds is 6. The van der Waals surface area contributed by atoms with Gasteiger partial charge in [0.2, 0.25) is 0 Å². The summed E-state index contributed by atoms with van der Waals surface area (Å²) < 4.78 is 1.72. The molecule has 3 heterocycles. The molecule has 3 aromatic rings. The lowest BCUT2D eigenvalue weighted by Gasteiger charge is -2.34. The SMILES string of the molecule is O=C(NCC(c1cccnc1)N1CCCCC1)c1ccccc1-n1cccn1. The minimum Gasteiger partial charge on any atom is -0.350 e. The van der Waals surface area contributed by atoms with Crippen molar-refractivity contribution < 1.29 is 4.79 Å². The number of carbonyl (C=O) groups is 1. The van der Waals surface area contributed by atoms with Crippen molar-refractivity contribution in [3.8, 4) is 5.69 Å². The summed E-state index contributed by atoms with van der Waals surface area (Å²) in [7, 11) is 0. The third-order valence-electron chi connectivity index (χ3n) is 5.26. The van der Waals surface area contributed by atoms with E-state index in [9.17, 15) is 4.79 Å². The molecule has 2 aromatic heterocycles. The average molecular weight is 375 g/mol. The predicted octanol–water partition coefficient (Wildman–Crippen LogP) is 3.22. The van der Waals surface area contributed by atoms with Gasteiger partial charge in [0.1, 0.15) is 0 Å². The molecule has 0 spiro atoms. The minimum absolute atomic E-state index is 0.0861. The number of carbonyl (C=O) groups excluding carboxylic acids is 1. The fourth-order valence-electron chi connectivity index (χ4n) is 3.82. The number of hydrogen-bond acceptors (Lipinski definition) is 4. The first-order chi connectivity index (χ1) is 13.8. The first-order valence-electron chi connectivity index (χ1n) is 9.84. The number of para-hydroxylation sites is 1. The molecule has 1 saturated heterocycles. The van der Waals surface area contributed by atoms with Gasteiger partial charge >= 0.3 is 0 Å². The van der Waals surface area contributed by atoms with Gasteiger partial charge in [-0.05, 0) is 55.8 Å². The normalized spacial score (nSPS) is 15.9. The average Bonchev–Trinajstić information content (AvgIpc) is 3.30. The van der Waals surface area contributed by atoms with Gasteiger partial charge < -0.3 is 5.32 Å². The Morgan fingerprint density at radius 1 is 1.04 bits per heavy atom. The molecule has 1 aliphatic heterocycles. The molecule has 4 rings (SSSR count). The van der Waals surface area contributed by atoms with Gasteiger partial charge in [-0.2, -0.15) is 5.10 Å². The van der Waals surface area contributed by atoms with Crippen LogP contribution in [0.2, 0.25) is 0 Å². The first-order valence-corrected chi connectivity index (χ1v) is 9.84. The molecule has 1 N–H and O–H groups in total. The smallest absolute Gasteiger partial charge is 0.253 e. The highest BCUT2D eigenvalue weighted by molar-refractivity contribution is 5.97. The van der Waals surface area contributed by atoms with Gasteiger partial charge in [0.05, 0.1) is 17.3 Å². The molecule has 1 aromatic carbocycles. The number of amides is 1. The van der Waals surface area contributed by atoms with Crippen molar-refractivity contribution in [2.24, 2.45) is 0 Å². The number of piperidine rings is 1. The molecule has 6 nitrogen and oxygen atoms in total. The Morgan fingerprint density at radius 2 is 1.89 bits per heavy atom. The Labute approximate surface area is 165 Å². The number of benzene rings is 1. The summed E-state index contributed by atoms with van der Waals surface area (Å²) in [5, 5.41) is 7.41. The molecule has 144 valence electrons. The number of likely N-dealkylation sites (tertiary alicyclic amines) is 1. The number of pyridine rings is 1. The summed E-state index contributed by atoms with van der Waals surface area (Å²) in [4.78, 5) is 19.7. The highest BCUT2D eigenvalue weighted by atomic mass is 16.1. The van der Waals surface area contributed by atoms with E-state index in [1.54, 1.807) is 17.1 Å². The van der Waals surface area contributed by atoms with E-state index in [1.165, 1.54) is 19.3 Å². The second-order valence-electron chi connectivity index (χ2n) is 7.08. The number of hydrogen-bond donors (Lipinski definition) is 1. The van der Waals surface area contributed by atoms with Crippen molar-refractivity contribution >= 4 is 5.91 Å². The Morgan fingerprint density at radius 3 is 2.64 bits per heavy atom. The Balaban J connectivity index is 1.52. The van der Waals surface area contributed by atoms with Crippen LogP contribution >= 0.6 is 0 Å². The van der Waals surface area contributed by atoms with E-state index in [1.807, 2.05) is 48.8 Å². The van der Waals surface area contributed by atoms with E-state index < -0.39 is 0 Å². The first kappa shape index (κ1) is 18.4. The van der Waals surface area contributed by atoms with Crippen molar-refractivity contribution in [3.63, 3.8) is 0 Å². The zero-order chi connectivity index (χ0) is 19.2. The summed E-state index contributed by atoms with van der Waals surface area (Å²) in [5.41, 5.74) is 2.54. The van der Waals surface area contributed by atoms with Crippen molar-refractivity contribution in [2.45, 2.75) is 25.3 Å². The highest BCUT2D eigenvalue weighted by Gasteiger charge is 2.23. The number of nitrogens with one attached hydrogen (secondary N) is 1. The zero-order valence-corrected chi connectivity index (χ0v) is 15.9. The maximum atomic E-state index is 13.0. The molecule has 28 heavy (non-hydrogen) atoms. The monoisotopic (exact) mass is 375 g/mol. The Kier molecular flexibility index (Phi) is 5.77. The van der Waals surface area contributed by atoms with Gasteiger partial charge in [0, 0.05) is 31.3 Å². The quantitative estimate of drug-likeness (QED) is 0.719. The van der Waals surface area contributed by atoms with Crippen LogP contribution in [0.25, 0.3) is 5.69 Å². The molecule has 1 fully saturated rings. The third kappa shape index (κ3) is 4.12. The molecule has 1 aliphatic rings. The fourth-order valence-corrected chi connectivity index (χ4v) is 3.82. The van der Waals surface area contributed by atoms with Crippen LogP contribution in [0.5, 0.6) is 0 Å². The third-order valence-corrected chi connectivity index (χ3v) is 5.26. The highest BCUT2D eigenvalue weighted by Crippen LogP contribution is 2.24. The Hall–Kier alpha value is -2.99. The largest absolute Gasteiger partial charge is 0.350 e. The van der Waals surface area contributed by atoms with Gasteiger partial charge in [-0.25, -0.2) is 4.68 Å². The second-order valence-corrected chi connectivity index (χ2v) is 7.08.